The summed E-state index contributed by atoms with van der Waals surface area (Å²) in [4.78, 5) is 15.9. The molecular formula is C23H18F4N2O3. The fourth-order valence-electron chi connectivity index (χ4n) is 2.57. The summed E-state index contributed by atoms with van der Waals surface area (Å²) in [7, 11) is 0. The molecule has 1 N–H and O–H groups in total. The van der Waals surface area contributed by atoms with Crippen LogP contribution in [0.5, 0.6) is 17.2 Å². The molecule has 1 heterocycles. The Balaban J connectivity index is 1.53. The number of pyridine rings is 1. The number of carbonyl (C=O) groups excluding carboxylic acids is 1. The van der Waals surface area contributed by atoms with Crippen molar-refractivity contribution < 1.29 is 31.8 Å². The van der Waals surface area contributed by atoms with Gasteiger partial charge in [0.2, 0.25) is 5.91 Å². The number of nitrogens with zero attached hydrogens (tertiary/aromatic N) is 1. The van der Waals surface area contributed by atoms with Crippen LogP contribution < -0.4 is 14.8 Å². The Morgan fingerprint density at radius 2 is 1.88 bits per heavy atom. The van der Waals surface area contributed by atoms with Crippen LogP contribution in [0.15, 0.2) is 73.1 Å². The van der Waals surface area contributed by atoms with Gasteiger partial charge in [-0.15, -0.1) is 0 Å². The molecule has 0 atom stereocenters. The second-order valence-corrected chi connectivity index (χ2v) is 6.58. The first-order valence-electron chi connectivity index (χ1n) is 9.40. The number of halogens is 4. The van der Waals surface area contributed by atoms with E-state index in [1.807, 2.05) is 0 Å². The van der Waals surface area contributed by atoms with Gasteiger partial charge in [0.15, 0.2) is 18.2 Å². The van der Waals surface area contributed by atoms with E-state index < -0.39 is 24.5 Å². The van der Waals surface area contributed by atoms with E-state index in [2.05, 4.69) is 15.0 Å². The average Bonchev–Trinajstić information content (AvgIpc) is 2.77. The van der Waals surface area contributed by atoms with Crippen LogP contribution in [-0.4, -0.2) is 23.7 Å². The molecule has 0 fully saturated rings. The Labute approximate surface area is 181 Å². The zero-order valence-electron chi connectivity index (χ0n) is 16.6. The van der Waals surface area contributed by atoms with Gasteiger partial charge in [0.05, 0.1) is 6.20 Å². The number of hydrogen-bond donors (Lipinski definition) is 1. The van der Waals surface area contributed by atoms with E-state index in [9.17, 15) is 22.4 Å². The molecule has 0 bridgehead atoms. The predicted molar refractivity (Wildman–Crippen MR) is 110 cm³/mol. The molecule has 0 spiro atoms. The summed E-state index contributed by atoms with van der Waals surface area (Å²) in [5.41, 5.74) is 1.01. The monoisotopic (exact) mass is 446 g/mol. The lowest BCUT2D eigenvalue weighted by atomic mass is 10.2. The van der Waals surface area contributed by atoms with E-state index >= 15 is 0 Å². The molecule has 0 saturated carbocycles. The molecule has 0 radical (unpaired) electrons. The molecule has 1 aromatic heterocycles. The number of ether oxygens (including phenoxy) is 2. The molecule has 2 aromatic carbocycles. The maximum atomic E-state index is 14.2. The molecular weight excluding hydrogens is 428 g/mol. The minimum Gasteiger partial charge on any atom is -0.484 e. The van der Waals surface area contributed by atoms with Crippen molar-refractivity contribution in [3.63, 3.8) is 0 Å². The number of amides is 1. The van der Waals surface area contributed by atoms with Gasteiger partial charge in [-0.1, -0.05) is 18.2 Å². The van der Waals surface area contributed by atoms with Crippen molar-refractivity contribution in [3.8, 4) is 17.2 Å². The Morgan fingerprint density at radius 3 is 2.59 bits per heavy atom. The van der Waals surface area contributed by atoms with Gasteiger partial charge in [-0.2, -0.15) is 13.2 Å². The second-order valence-electron chi connectivity index (χ2n) is 6.58. The topological polar surface area (TPSA) is 60.5 Å². The smallest absolute Gasteiger partial charge is 0.422 e. The van der Waals surface area contributed by atoms with E-state index in [1.54, 1.807) is 30.5 Å². The van der Waals surface area contributed by atoms with Gasteiger partial charge in [0.1, 0.15) is 11.5 Å². The Hall–Kier alpha value is -3.88. The van der Waals surface area contributed by atoms with Gasteiger partial charge in [0.25, 0.3) is 0 Å². The molecule has 32 heavy (non-hydrogen) atoms. The van der Waals surface area contributed by atoms with Crippen molar-refractivity contribution in [1.29, 1.82) is 0 Å². The van der Waals surface area contributed by atoms with Gasteiger partial charge < -0.3 is 14.8 Å². The molecule has 0 aliphatic rings. The van der Waals surface area contributed by atoms with E-state index in [1.165, 1.54) is 48.7 Å². The highest BCUT2D eigenvalue weighted by Crippen LogP contribution is 2.25. The first-order chi connectivity index (χ1) is 15.3. The summed E-state index contributed by atoms with van der Waals surface area (Å²) in [5.74, 6) is -0.599. The number of carbonyl (C=O) groups is 1. The largest absolute Gasteiger partial charge is 0.484 e. The average molecular weight is 446 g/mol. The molecule has 0 unspecified atom stereocenters. The summed E-state index contributed by atoms with van der Waals surface area (Å²) in [6.07, 6.45) is 1.24. The van der Waals surface area contributed by atoms with Crippen molar-refractivity contribution in [2.45, 2.75) is 12.7 Å². The van der Waals surface area contributed by atoms with Crippen molar-refractivity contribution in [2.75, 3.05) is 6.61 Å². The zero-order valence-corrected chi connectivity index (χ0v) is 16.6. The third kappa shape index (κ3) is 7.42. The molecule has 0 aliphatic heterocycles. The lowest BCUT2D eigenvalue weighted by Crippen LogP contribution is -2.21. The highest BCUT2D eigenvalue weighted by molar-refractivity contribution is 5.91. The molecule has 0 saturated heterocycles. The van der Waals surface area contributed by atoms with Crippen LogP contribution in [0.4, 0.5) is 17.6 Å². The summed E-state index contributed by atoms with van der Waals surface area (Å²) in [5, 5.41) is 2.60. The van der Waals surface area contributed by atoms with E-state index in [0.29, 0.717) is 16.9 Å². The van der Waals surface area contributed by atoms with Crippen LogP contribution in [0, 0.1) is 5.82 Å². The van der Waals surface area contributed by atoms with Crippen molar-refractivity contribution in [1.82, 2.24) is 10.3 Å². The van der Waals surface area contributed by atoms with Crippen molar-refractivity contribution in [3.05, 3.63) is 90.0 Å². The van der Waals surface area contributed by atoms with Gasteiger partial charge in [-0.3, -0.25) is 9.78 Å². The predicted octanol–water partition coefficient (Wildman–Crippen LogP) is 5.28. The minimum atomic E-state index is -4.43. The van der Waals surface area contributed by atoms with E-state index in [4.69, 9.17) is 4.74 Å². The summed E-state index contributed by atoms with van der Waals surface area (Å²) >= 11 is 0. The number of alkyl halides is 3. The molecule has 166 valence electrons. The number of benzene rings is 2. The number of rotatable bonds is 8. The van der Waals surface area contributed by atoms with Gasteiger partial charge >= 0.3 is 6.18 Å². The lowest BCUT2D eigenvalue weighted by Gasteiger charge is -2.10. The lowest BCUT2D eigenvalue weighted by molar-refractivity contribution is -0.153. The summed E-state index contributed by atoms with van der Waals surface area (Å²) in [6, 6.07) is 13.5. The maximum Gasteiger partial charge on any atom is 0.422 e. The van der Waals surface area contributed by atoms with Crippen LogP contribution in [0.3, 0.4) is 0 Å². The SMILES string of the molecule is O=C(/C=C/c1ccc(Oc2cccnc2)c(F)c1)NCc1cccc(OCC(F)(F)F)c1. The Morgan fingerprint density at radius 1 is 1.06 bits per heavy atom. The fraction of sp³-hybridized carbons (Fsp3) is 0.130. The molecule has 5 nitrogen and oxygen atoms in total. The van der Waals surface area contributed by atoms with Crippen LogP contribution in [0.1, 0.15) is 11.1 Å². The standard InChI is InChI=1S/C23H18F4N2O3/c24-20-12-16(6-8-21(20)32-19-5-2-10-28-14-19)7-9-22(30)29-13-17-3-1-4-18(11-17)31-15-23(25,26)27/h1-12,14H,13,15H2,(H,29,30)/b9-7+. The third-order valence-electron chi connectivity index (χ3n) is 4.01. The fourth-order valence-corrected chi connectivity index (χ4v) is 2.57. The molecule has 3 aromatic rings. The van der Waals surface area contributed by atoms with Crippen molar-refractivity contribution >= 4 is 12.0 Å². The van der Waals surface area contributed by atoms with Crippen LogP contribution in [0.2, 0.25) is 0 Å². The highest BCUT2D eigenvalue weighted by Gasteiger charge is 2.28. The highest BCUT2D eigenvalue weighted by atomic mass is 19.4. The first kappa shape index (κ1) is 22.8. The summed E-state index contributed by atoms with van der Waals surface area (Å²) < 4.78 is 61.1. The third-order valence-corrected chi connectivity index (χ3v) is 4.01. The molecule has 3 rings (SSSR count). The van der Waals surface area contributed by atoms with E-state index in [-0.39, 0.29) is 18.0 Å². The van der Waals surface area contributed by atoms with Crippen LogP contribution in [0.25, 0.3) is 6.08 Å². The minimum absolute atomic E-state index is 0.0206. The Bertz CT molecular complexity index is 1090. The first-order valence-corrected chi connectivity index (χ1v) is 9.40. The zero-order chi connectivity index (χ0) is 23.0. The number of nitrogens with one attached hydrogen (secondary N) is 1. The molecule has 0 aliphatic carbocycles. The van der Waals surface area contributed by atoms with Crippen LogP contribution >= 0.6 is 0 Å². The molecule has 9 heteroatoms. The van der Waals surface area contributed by atoms with Crippen molar-refractivity contribution in [2.24, 2.45) is 0 Å². The second kappa shape index (κ2) is 10.4. The van der Waals surface area contributed by atoms with E-state index in [0.717, 1.165) is 0 Å². The number of hydrogen-bond acceptors (Lipinski definition) is 4. The van der Waals surface area contributed by atoms with Gasteiger partial charge in [-0.05, 0) is 53.6 Å². The maximum absolute atomic E-state index is 14.2. The quantitative estimate of drug-likeness (QED) is 0.378. The van der Waals surface area contributed by atoms with Gasteiger partial charge in [0, 0.05) is 18.8 Å². The normalized spacial score (nSPS) is 11.4. The molecule has 1 amide bonds. The summed E-state index contributed by atoms with van der Waals surface area (Å²) in [6.45, 7) is -1.31. The number of aromatic nitrogens is 1. The van der Waals surface area contributed by atoms with Crippen LogP contribution in [-0.2, 0) is 11.3 Å². The van der Waals surface area contributed by atoms with Gasteiger partial charge in [-0.25, -0.2) is 4.39 Å². The Kier molecular flexibility index (Phi) is 7.43.